The van der Waals surface area contributed by atoms with E-state index in [0.29, 0.717) is 5.76 Å². The summed E-state index contributed by atoms with van der Waals surface area (Å²) < 4.78 is 39.3. The second-order valence-electron chi connectivity index (χ2n) is 10.6. The van der Waals surface area contributed by atoms with E-state index in [0.717, 1.165) is 42.5 Å². The number of hydrogen-bond donors (Lipinski definition) is 5. The third-order valence-corrected chi connectivity index (χ3v) is 9.37. The standard InChI is InChI=1S/C29H34N4O8S/c1-17(25(15-30)42(38,39)31-26-28(36)27(35)24(16-34)41-29(26)37)22-7-8-23(40-22)20-4-3-19-14-21(6-5-18(19)13-20)33-11-9-32(2)10-12-33/h3-8,13-14,24,26-29,31,34-37H,9-12,16H2,1-2H3/b25-17+/t24-,26?,27-,28-,29?/m1/s1. The van der Waals surface area contributed by atoms with Crippen LogP contribution in [0.15, 0.2) is 57.9 Å². The number of nitrogens with one attached hydrogen (secondary N) is 1. The fraction of sp³-hybridized carbons (Fsp3) is 0.414. The fourth-order valence-electron chi connectivity index (χ4n) is 5.26. The molecule has 2 aliphatic rings. The molecule has 2 aromatic carbocycles. The lowest BCUT2D eigenvalue weighted by Gasteiger charge is -2.40. The number of aliphatic hydroxyl groups excluding tert-OH is 4. The first-order valence-electron chi connectivity index (χ1n) is 13.5. The molecule has 0 radical (unpaired) electrons. The summed E-state index contributed by atoms with van der Waals surface area (Å²) in [6.45, 7) is 4.68. The predicted molar refractivity (Wildman–Crippen MR) is 155 cm³/mol. The van der Waals surface area contributed by atoms with Crippen LogP contribution in [0.3, 0.4) is 0 Å². The van der Waals surface area contributed by atoms with Gasteiger partial charge in [0.1, 0.15) is 41.9 Å². The summed E-state index contributed by atoms with van der Waals surface area (Å²) in [6.07, 6.45) is -6.66. The van der Waals surface area contributed by atoms with E-state index < -0.39 is 52.2 Å². The average molecular weight is 599 g/mol. The third kappa shape index (κ3) is 5.94. The number of ether oxygens (including phenoxy) is 1. The number of likely N-dealkylation sites (N-methyl/N-ethyl adjacent to an activating group) is 1. The molecule has 5 N–H and O–H groups in total. The zero-order valence-corrected chi connectivity index (χ0v) is 24.0. The van der Waals surface area contributed by atoms with Crippen LogP contribution in [-0.4, -0.2) is 104 Å². The molecule has 13 heteroatoms. The van der Waals surface area contributed by atoms with Gasteiger partial charge in [-0.3, -0.25) is 0 Å². The van der Waals surface area contributed by atoms with Crippen LogP contribution < -0.4 is 9.62 Å². The molecule has 12 nitrogen and oxygen atoms in total. The summed E-state index contributed by atoms with van der Waals surface area (Å²) in [5, 5.41) is 51.7. The first-order chi connectivity index (χ1) is 20.0. The molecule has 224 valence electrons. The minimum absolute atomic E-state index is 0.00310. The molecule has 0 spiro atoms. The minimum atomic E-state index is -4.61. The Morgan fingerprint density at radius 1 is 1.02 bits per heavy atom. The molecular formula is C29H34N4O8S. The Morgan fingerprint density at radius 2 is 1.71 bits per heavy atom. The molecule has 2 saturated heterocycles. The van der Waals surface area contributed by atoms with E-state index in [-0.39, 0.29) is 11.3 Å². The van der Waals surface area contributed by atoms with Crippen molar-refractivity contribution in [3.63, 3.8) is 0 Å². The molecule has 2 unspecified atom stereocenters. The topological polar surface area (TPSA) is 180 Å². The molecule has 2 aliphatic heterocycles. The van der Waals surface area contributed by atoms with Gasteiger partial charge >= 0.3 is 0 Å². The molecule has 1 aromatic heterocycles. The number of allylic oxidation sites excluding steroid dienone is 2. The Bertz CT molecular complexity index is 1620. The summed E-state index contributed by atoms with van der Waals surface area (Å²) in [5.74, 6) is 0.612. The van der Waals surface area contributed by atoms with Crippen molar-refractivity contribution in [2.45, 2.75) is 37.6 Å². The van der Waals surface area contributed by atoms with Crippen molar-refractivity contribution in [2.24, 2.45) is 0 Å². The van der Waals surface area contributed by atoms with Gasteiger partial charge in [0.25, 0.3) is 10.0 Å². The van der Waals surface area contributed by atoms with Crippen LogP contribution in [0.25, 0.3) is 27.7 Å². The highest BCUT2D eigenvalue weighted by Gasteiger charge is 2.46. The lowest BCUT2D eigenvalue weighted by atomic mass is 9.98. The summed E-state index contributed by atoms with van der Waals surface area (Å²) in [4.78, 5) is 3.98. The van der Waals surface area contributed by atoms with E-state index in [4.69, 9.17) is 9.15 Å². The highest BCUT2D eigenvalue weighted by Crippen LogP contribution is 2.32. The Balaban J connectivity index is 1.37. The Hall–Kier alpha value is -3.32. The normalized spacial score (nSPS) is 26.2. The SMILES string of the molecule is C/C(=C(/C#N)S(=O)(=O)NC1C(O)O[C@H](CO)[C@@H](O)[C@@H]1O)c1ccc(-c2ccc3cc(N4CCN(C)CC4)ccc3c2)o1. The molecule has 0 bridgehead atoms. The second-order valence-corrected chi connectivity index (χ2v) is 12.3. The summed E-state index contributed by atoms with van der Waals surface area (Å²) in [5.41, 5.74) is 1.94. The lowest BCUT2D eigenvalue weighted by Crippen LogP contribution is -2.64. The number of furan rings is 1. The smallest absolute Gasteiger partial charge is 0.251 e. The molecule has 2 fully saturated rings. The second kappa shape index (κ2) is 12.1. The number of nitriles is 1. The van der Waals surface area contributed by atoms with Gasteiger partial charge in [0.05, 0.1) is 6.61 Å². The summed E-state index contributed by atoms with van der Waals surface area (Å²) in [7, 11) is -2.48. The number of piperazine rings is 1. The van der Waals surface area contributed by atoms with Gasteiger partial charge in [0.2, 0.25) is 0 Å². The van der Waals surface area contributed by atoms with Crippen molar-refractivity contribution in [3.05, 3.63) is 59.2 Å². The lowest BCUT2D eigenvalue weighted by molar-refractivity contribution is -0.251. The van der Waals surface area contributed by atoms with Crippen LogP contribution in [0.2, 0.25) is 0 Å². The van der Waals surface area contributed by atoms with Crippen molar-refractivity contribution >= 4 is 32.1 Å². The van der Waals surface area contributed by atoms with E-state index in [2.05, 4.69) is 35.0 Å². The van der Waals surface area contributed by atoms with Crippen LogP contribution in [0.1, 0.15) is 12.7 Å². The highest BCUT2D eigenvalue weighted by atomic mass is 32.2. The Labute approximate surface area is 243 Å². The molecule has 5 rings (SSSR count). The zero-order chi connectivity index (χ0) is 30.2. The summed E-state index contributed by atoms with van der Waals surface area (Å²) in [6, 6.07) is 15.4. The zero-order valence-electron chi connectivity index (χ0n) is 23.2. The van der Waals surface area contributed by atoms with Gasteiger partial charge in [-0.05, 0) is 55.1 Å². The van der Waals surface area contributed by atoms with Crippen molar-refractivity contribution in [1.82, 2.24) is 9.62 Å². The monoisotopic (exact) mass is 598 g/mol. The first kappa shape index (κ1) is 30.1. The van der Waals surface area contributed by atoms with Gasteiger partial charge in [-0.1, -0.05) is 18.2 Å². The van der Waals surface area contributed by atoms with Gasteiger partial charge in [-0.2, -0.15) is 9.98 Å². The van der Waals surface area contributed by atoms with Gasteiger partial charge in [0.15, 0.2) is 11.2 Å². The van der Waals surface area contributed by atoms with Gasteiger partial charge in [0, 0.05) is 43.0 Å². The van der Waals surface area contributed by atoms with Gasteiger partial charge in [-0.25, -0.2) is 8.42 Å². The van der Waals surface area contributed by atoms with E-state index in [1.807, 2.05) is 22.9 Å². The van der Waals surface area contributed by atoms with Crippen LogP contribution in [0, 0.1) is 11.3 Å². The van der Waals surface area contributed by atoms with Crippen LogP contribution in [0.5, 0.6) is 0 Å². The summed E-state index contributed by atoms with van der Waals surface area (Å²) >= 11 is 0. The number of sulfonamides is 1. The molecule has 0 amide bonds. The maximum Gasteiger partial charge on any atom is 0.251 e. The number of hydrogen-bond acceptors (Lipinski definition) is 11. The molecule has 42 heavy (non-hydrogen) atoms. The van der Waals surface area contributed by atoms with Crippen LogP contribution in [0.4, 0.5) is 5.69 Å². The number of benzene rings is 2. The van der Waals surface area contributed by atoms with Gasteiger partial charge in [-0.15, -0.1) is 0 Å². The maximum absolute atomic E-state index is 13.1. The van der Waals surface area contributed by atoms with Crippen molar-refractivity contribution in [2.75, 3.05) is 44.7 Å². The van der Waals surface area contributed by atoms with E-state index in [9.17, 15) is 34.1 Å². The number of nitrogens with zero attached hydrogens (tertiary/aromatic N) is 3. The molecule has 0 aliphatic carbocycles. The molecular weight excluding hydrogens is 564 g/mol. The predicted octanol–water partition coefficient (Wildman–Crippen LogP) is 0.825. The molecule has 3 aromatic rings. The minimum Gasteiger partial charge on any atom is -0.456 e. The van der Waals surface area contributed by atoms with Crippen molar-refractivity contribution in [3.8, 4) is 17.4 Å². The number of anilines is 1. The van der Waals surface area contributed by atoms with E-state index in [1.54, 1.807) is 18.2 Å². The van der Waals surface area contributed by atoms with Crippen molar-refractivity contribution < 1.29 is 38.0 Å². The first-order valence-corrected chi connectivity index (χ1v) is 15.0. The fourth-order valence-corrected chi connectivity index (χ4v) is 6.62. The third-order valence-electron chi connectivity index (χ3n) is 7.85. The van der Waals surface area contributed by atoms with E-state index >= 15 is 0 Å². The van der Waals surface area contributed by atoms with Crippen LogP contribution in [-0.2, 0) is 14.8 Å². The van der Waals surface area contributed by atoms with Gasteiger partial charge < -0.3 is 39.4 Å². The number of fused-ring (bicyclic) bond motifs is 1. The highest BCUT2D eigenvalue weighted by molar-refractivity contribution is 7.93. The Morgan fingerprint density at radius 3 is 2.40 bits per heavy atom. The molecule has 3 heterocycles. The quantitative estimate of drug-likeness (QED) is 0.243. The largest absolute Gasteiger partial charge is 0.456 e. The van der Waals surface area contributed by atoms with Crippen LogP contribution >= 0.6 is 0 Å². The van der Waals surface area contributed by atoms with E-state index in [1.165, 1.54) is 12.6 Å². The number of aliphatic hydroxyl groups is 4. The van der Waals surface area contributed by atoms with Crippen molar-refractivity contribution in [1.29, 1.82) is 5.26 Å². The Kier molecular flexibility index (Phi) is 8.70. The molecule has 5 atom stereocenters. The maximum atomic E-state index is 13.1. The number of rotatable bonds is 7. The molecule has 0 saturated carbocycles. The average Bonchev–Trinajstić information content (AvgIpc) is 3.48.